The summed E-state index contributed by atoms with van der Waals surface area (Å²) < 4.78 is 15.0. The van der Waals surface area contributed by atoms with Crippen molar-refractivity contribution in [3.63, 3.8) is 0 Å². The molecule has 1 atom stereocenters. The maximum atomic E-state index is 13.1. The predicted molar refractivity (Wildman–Crippen MR) is 89.9 cm³/mol. The third kappa shape index (κ3) is 3.42. The van der Waals surface area contributed by atoms with Gasteiger partial charge in [0.2, 0.25) is 0 Å². The average molecular weight is 330 g/mol. The number of hydrogen-bond donors (Lipinski definition) is 1. The van der Waals surface area contributed by atoms with E-state index < -0.39 is 0 Å². The van der Waals surface area contributed by atoms with Crippen LogP contribution in [0.2, 0.25) is 0 Å². The molecule has 3 rings (SSSR count). The fourth-order valence-corrected chi connectivity index (χ4v) is 3.41. The van der Waals surface area contributed by atoms with Gasteiger partial charge in [-0.25, -0.2) is 14.2 Å². The van der Waals surface area contributed by atoms with E-state index in [-0.39, 0.29) is 17.4 Å². The second kappa shape index (κ2) is 6.63. The van der Waals surface area contributed by atoms with Crippen molar-refractivity contribution in [2.24, 2.45) is 7.05 Å². The van der Waals surface area contributed by atoms with Crippen LogP contribution in [0.5, 0.6) is 0 Å². The molecule has 2 amide bonds. The molecule has 1 saturated heterocycles. The summed E-state index contributed by atoms with van der Waals surface area (Å²) in [5, 5.41) is 2.98. The molecular weight excluding hydrogens is 307 g/mol. The monoisotopic (exact) mass is 330 g/mol. The van der Waals surface area contributed by atoms with Gasteiger partial charge >= 0.3 is 6.03 Å². The first-order chi connectivity index (χ1) is 11.5. The first-order valence-corrected chi connectivity index (χ1v) is 8.23. The normalized spacial score (nSPS) is 20.4. The lowest BCUT2D eigenvalue weighted by Gasteiger charge is -2.35. The van der Waals surface area contributed by atoms with E-state index in [0.717, 1.165) is 37.1 Å². The summed E-state index contributed by atoms with van der Waals surface area (Å²) in [5.74, 6) is -0.235. The highest BCUT2D eigenvalue weighted by Crippen LogP contribution is 2.32. The number of rotatable bonds is 4. The molecule has 6 heteroatoms. The molecule has 1 aromatic heterocycles. The second-order valence-corrected chi connectivity index (χ2v) is 6.71. The number of urea groups is 1. The number of carbonyl (C=O) groups is 1. The molecule has 1 fully saturated rings. The highest BCUT2D eigenvalue weighted by molar-refractivity contribution is 5.75. The van der Waals surface area contributed by atoms with E-state index in [1.807, 2.05) is 16.5 Å². The van der Waals surface area contributed by atoms with Gasteiger partial charge in [0.05, 0.1) is 18.6 Å². The second-order valence-electron chi connectivity index (χ2n) is 6.71. The van der Waals surface area contributed by atoms with Gasteiger partial charge in [-0.15, -0.1) is 0 Å². The quantitative estimate of drug-likeness (QED) is 0.937. The zero-order chi connectivity index (χ0) is 17.2. The Kier molecular flexibility index (Phi) is 4.55. The minimum absolute atomic E-state index is 0.0571. The average Bonchev–Trinajstić information content (AvgIpc) is 3.13. The molecular formula is C18H23FN4O. The number of carbonyl (C=O) groups excluding carboxylic acids is 1. The molecule has 1 aliphatic rings. The molecule has 1 aliphatic heterocycles. The van der Waals surface area contributed by atoms with Crippen LogP contribution in [0.25, 0.3) is 0 Å². The molecule has 2 aromatic rings. The van der Waals surface area contributed by atoms with Crippen LogP contribution in [0.1, 0.15) is 31.0 Å². The first kappa shape index (κ1) is 16.5. The molecule has 24 heavy (non-hydrogen) atoms. The summed E-state index contributed by atoms with van der Waals surface area (Å²) >= 11 is 0. The molecule has 1 aromatic carbocycles. The molecule has 1 N–H and O–H groups in total. The van der Waals surface area contributed by atoms with Crippen LogP contribution in [0.3, 0.4) is 0 Å². The summed E-state index contributed by atoms with van der Waals surface area (Å²) in [4.78, 5) is 18.6. The van der Waals surface area contributed by atoms with Crippen LogP contribution in [-0.4, -0.2) is 32.6 Å². The third-order valence-electron chi connectivity index (χ3n) is 4.83. The van der Waals surface area contributed by atoms with Gasteiger partial charge in [-0.05, 0) is 43.9 Å². The van der Waals surface area contributed by atoms with Gasteiger partial charge in [-0.3, -0.25) is 0 Å². The van der Waals surface area contributed by atoms with Gasteiger partial charge in [0.25, 0.3) is 0 Å². The largest absolute Gasteiger partial charge is 0.336 e. The molecule has 0 unspecified atom stereocenters. The summed E-state index contributed by atoms with van der Waals surface area (Å²) in [5.41, 5.74) is 1.77. The summed E-state index contributed by atoms with van der Waals surface area (Å²) in [7, 11) is 1.91. The smallest absolute Gasteiger partial charge is 0.318 e. The van der Waals surface area contributed by atoms with Crippen molar-refractivity contribution in [1.82, 2.24) is 19.8 Å². The van der Waals surface area contributed by atoms with Crippen molar-refractivity contribution in [3.05, 3.63) is 53.9 Å². The highest BCUT2D eigenvalue weighted by Gasteiger charge is 2.39. The maximum Gasteiger partial charge on any atom is 0.318 e. The van der Waals surface area contributed by atoms with Gasteiger partial charge < -0.3 is 14.8 Å². The Labute approximate surface area is 141 Å². The van der Waals surface area contributed by atoms with E-state index >= 15 is 0 Å². The van der Waals surface area contributed by atoms with Crippen molar-refractivity contribution >= 4 is 6.03 Å². The van der Waals surface area contributed by atoms with Crippen LogP contribution in [0, 0.1) is 5.82 Å². The zero-order valence-corrected chi connectivity index (χ0v) is 14.1. The summed E-state index contributed by atoms with van der Waals surface area (Å²) in [6.07, 6.45) is 6.13. The molecule has 128 valence electrons. The molecule has 0 spiro atoms. The summed E-state index contributed by atoms with van der Waals surface area (Å²) in [6, 6.07) is 6.48. The number of likely N-dealkylation sites (tertiary alicyclic amines) is 1. The van der Waals surface area contributed by atoms with Gasteiger partial charge in [-0.2, -0.15) is 0 Å². The third-order valence-corrected chi connectivity index (χ3v) is 4.83. The van der Waals surface area contributed by atoms with Crippen LogP contribution in [0.15, 0.2) is 36.8 Å². The minimum atomic E-state index is -0.242. The number of nitrogens with zero attached hydrogens (tertiary/aromatic N) is 3. The predicted octanol–water partition coefficient (Wildman–Crippen LogP) is 2.87. The van der Waals surface area contributed by atoms with E-state index in [1.54, 1.807) is 24.7 Å². The fraction of sp³-hybridized carbons (Fsp3) is 0.444. The lowest BCUT2D eigenvalue weighted by atomic mass is 9.90. The van der Waals surface area contributed by atoms with Crippen molar-refractivity contribution in [1.29, 1.82) is 0 Å². The van der Waals surface area contributed by atoms with Gasteiger partial charge in [-0.1, -0.05) is 12.1 Å². The number of imidazole rings is 1. The lowest BCUT2D eigenvalue weighted by molar-refractivity contribution is 0.155. The molecule has 0 aliphatic carbocycles. The van der Waals surface area contributed by atoms with E-state index in [4.69, 9.17) is 0 Å². The van der Waals surface area contributed by atoms with Crippen LogP contribution in [0.4, 0.5) is 9.18 Å². The molecule has 2 heterocycles. The molecule has 0 radical (unpaired) electrons. The molecule has 0 bridgehead atoms. The van der Waals surface area contributed by atoms with Crippen molar-refractivity contribution in [3.8, 4) is 0 Å². The number of aryl methyl sites for hydroxylation is 1. The number of hydrogen-bond acceptors (Lipinski definition) is 2. The SMILES string of the molecule is Cn1cncc1CNC(=O)N1CCC[C@@]1(C)Cc1ccc(F)cc1. The number of benzene rings is 1. The number of aromatic nitrogens is 2. The van der Waals surface area contributed by atoms with Crippen molar-refractivity contribution in [2.45, 2.75) is 38.3 Å². The molecule has 0 saturated carbocycles. The van der Waals surface area contributed by atoms with Crippen molar-refractivity contribution < 1.29 is 9.18 Å². The van der Waals surface area contributed by atoms with E-state index in [0.29, 0.717) is 6.54 Å². The number of amides is 2. The Hall–Kier alpha value is -2.37. The standard InChI is InChI=1S/C18H23FN4O/c1-18(10-14-4-6-15(19)7-5-14)8-3-9-23(18)17(24)21-12-16-11-20-13-22(16)2/h4-7,11,13H,3,8-10,12H2,1-2H3,(H,21,24)/t18-/m0/s1. The lowest BCUT2D eigenvalue weighted by Crippen LogP contribution is -2.50. The van der Waals surface area contributed by atoms with E-state index in [9.17, 15) is 9.18 Å². The minimum Gasteiger partial charge on any atom is -0.336 e. The highest BCUT2D eigenvalue weighted by atomic mass is 19.1. The van der Waals surface area contributed by atoms with Crippen molar-refractivity contribution in [2.75, 3.05) is 6.54 Å². The Bertz CT molecular complexity index is 712. The number of halogens is 1. The van der Waals surface area contributed by atoms with Gasteiger partial charge in [0, 0.05) is 25.3 Å². The van der Waals surface area contributed by atoms with Crippen LogP contribution < -0.4 is 5.32 Å². The topological polar surface area (TPSA) is 50.2 Å². The van der Waals surface area contributed by atoms with E-state index in [2.05, 4.69) is 17.2 Å². The van der Waals surface area contributed by atoms with Gasteiger partial charge in [0.1, 0.15) is 5.82 Å². The Morgan fingerprint density at radius 2 is 2.12 bits per heavy atom. The summed E-state index contributed by atoms with van der Waals surface area (Å²) in [6.45, 7) is 3.31. The maximum absolute atomic E-state index is 13.1. The Balaban J connectivity index is 1.66. The Morgan fingerprint density at radius 1 is 1.38 bits per heavy atom. The van der Waals surface area contributed by atoms with Gasteiger partial charge in [0.15, 0.2) is 0 Å². The van der Waals surface area contributed by atoms with Crippen LogP contribution in [-0.2, 0) is 20.0 Å². The fourth-order valence-electron chi connectivity index (χ4n) is 3.41. The molecule has 5 nitrogen and oxygen atoms in total. The Morgan fingerprint density at radius 3 is 2.79 bits per heavy atom. The first-order valence-electron chi connectivity index (χ1n) is 8.23. The number of nitrogens with one attached hydrogen (secondary N) is 1. The zero-order valence-electron chi connectivity index (χ0n) is 14.1. The van der Waals surface area contributed by atoms with Crippen LogP contribution >= 0.6 is 0 Å². The van der Waals surface area contributed by atoms with E-state index in [1.165, 1.54) is 12.1 Å².